The maximum atomic E-state index is 12.6. The number of benzene rings is 2. The molecule has 140 valence electrons. The lowest BCUT2D eigenvalue weighted by Gasteiger charge is -2.11. The molecule has 2 N–H and O–H groups in total. The second kappa shape index (κ2) is 7.26. The zero-order valence-corrected chi connectivity index (χ0v) is 15.8. The fourth-order valence-corrected chi connectivity index (χ4v) is 3.39. The lowest BCUT2D eigenvalue weighted by Crippen LogP contribution is -2.34. The quantitative estimate of drug-likeness (QED) is 0.677. The van der Waals surface area contributed by atoms with Gasteiger partial charge in [0.25, 0.3) is 5.56 Å². The minimum absolute atomic E-state index is 0.198. The Kier molecular flexibility index (Phi) is 5.02. The highest BCUT2D eigenvalue weighted by Crippen LogP contribution is 2.16. The molecule has 0 amide bonds. The molecule has 0 spiro atoms. The molecule has 2 aromatic carbocycles. The molecule has 3 aromatic rings. The van der Waals surface area contributed by atoms with Gasteiger partial charge in [-0.25, -0.2) is 17.4 Å². The standard InChI is InChI=1S/C19H20N4O3S/c1-14-18(19(24)23(21-14)16-7-5-4-6-8-16)13-20-15-9-11-17(12-10-15)27(25,26)22(2)3/h4-13,20-21H,1H2,2-3H3/b18-13-. The highest BCUT2D eigenvalue weighted by Gasteiger charge is 2.16. The van der Waals surface area contributed by atoms with Crippen molar-refractivity contribution >= 4 is 28.5 Å². The average Bonchev–Trinajstić information content (AvgIpc) is 2.95. The van der Waals surface area contributed by atoms with E-state index < -0.39 is 10.0 Å². The van der Waals surface area contributed by atoms with E-state index in [1.807, 2.05) is 30.3 Å². The summed E-state index contributed by atoms with van der Waals surface area (Å²) in [5, 5.41) is 6.82. The first-order valence-corrected chi connectivity index (χ1v) is 9.59. The maximum Gasteiger partial charge on any atom is 0.280 e. The number of hydrogen-bond donors (Lipinski definition) is 2. The van der Waals surface area contributed by atoms with E-state index in [4.69, 9.17) is 0 Å². The minimum atomic E-state index is -3.47. The third-order valence-electron chi connectivity index (χ3n) is 4.04. The Morgan fingerprint density at radius 3 is 2.30 bits per heavy atom. The summed E-state index contributed by atoms with van der Waals surface area (Å²) in [5.41, 5.74) is 1.13. The van der Waals surface area contributed by atoms with E-state index in [2.05, 4.69) is 17.0 Å². The Labute approximate surface area is 156 Å². The van der Waals surface area contributed by atoms with E-state index in [9.17, 15) is 13.2 Å². The maximum absolute atomic E-state index is 12.6. The van der Waals surface area contributed by atoms with Crippen LogP contribution < -0.4 is 21.4 Å². The number of hydrogen-bond acceptors (Lipinski definition) is 4. The Morgan fingerprint density at radius 2 is 1.70 bits per heavy atom. The summed E-state index contributed by atoms with van der Waals surface area (Å²) in [6, 6.07) is 15.5. The first-order valence-electron chi connectivity index (χ1n) is 8.15. The SMILES string of the molecule is C=c1[nH]n(-c2ccccc2)c(=O)/c1=C\Nc1ccc(S(=O)(=O)N(C)C)cc1. The molecule has 27 heavy (non-hydrogen) atoms. The molecule has 8 heteroatoms. The number of rotatable bonds is 5. The molecule has 1 aromatic heterocycles. The van der Waals surface area contributed by atoms with Gasteiger partial charge in [0.05, 0.1) is 21.2 Å². The van der Waals surface area contributed by atoms with Gasteiger partial charge in [0.1, 0.15) is 0 Å². The smallest absolute Gasteiger partial charge is 0.280 e. The van der Waals surface area contributed by atoms with E-state index >= 15 is 0 Å². The van der Waals surface area contributed by atoms with Crippen molar-refractivity contribution in [1.82, 2.24) is 14.1 Å². The summed E-state index contributed by atoms with van der Waals surface area (Å²) in [7, 11) is -0.513. The third-order valence-corrected chi connectivity index (χ3v) is 5.87. The fraction of sp³-hybridized carbons (Fsp3) is 0.105. The highest BCUT2D eigenvalue weighted by atomic mass is 32.2. The summed E-state index contributed by atoms with van der Waals surface area (Å²) in [6.45, 7) is 3.87. The van der Waals surface area contributed by atoms with Crippen molar-refractivity contribution < 1.29 is 8.42 Å². The van der Waals surface area contributed by atoms with Gasteiger partial charge >= 0.3 is 0 Å². The van der Waals surface area contributed by atoms with Crippen LogP contribution in [-0.4, -0.2) is 36.6 Å². The van der Waals surface area contributed by atoms with Crippen molar-refractivity contribution in [2.45, 2.75) is 4.90 Å². The van der Waals surface area contributed by atoms with Gasteiger partial charge in [-0.3, -0.25) is 9.89 Å². The van der Waals surface area contributed by atoms with Gasteiger partial charge in [0.2, 0.25) is 10.0 Å². The molecule has 0 aliphatic rings. The molecular formula is C19H20N4O3S. The monoisotopic (exact) mass is 384 g/mol. The first kappa shape index (κ1) is 18.7. The molecule has 0 fully saturated rings. The van der Waals surface area contributed by atoms with Gasteiger partial charge in [-0.2, -0.15) is 0 Å². The second-order valence-corrected chi connectivity index (χ2v) is 8.23. The van der Waals surface area contributed by atoms with E-state index in [1.165, 1.54) is 30.9 Å². The van der Waals surface area contributed by atoms with Gasteiger partial charge in [-0.15, -0.1) is 0 Å². The molecule has 0 saturated heterocycles. The number of nitrogens with one attached hydrogen (secondary N) is 2. The number of sulfonamides is 1. The number of anilines is 1. The molecule has 0 radical (unpaired) electrons. The Bertz CT molecular complexity index is 1210. The molecular weight excluding hydrogens is 364 g/mol. The van der Waals surface area contributed by atoms with E-state index in [0.29, 0.717) is 21.9 Å². The van der Waals surface area contributed by atoms with Gasteiger partial charge in [-0.1, -0.05) is 24.8 Å². The van der Waals surface area contributed by atoms with Gasteiger partial charge in [0.15, 0.2) is 0 Å². The number of aromatic nitrogens is 2. The van der Waals surface area contributed by atoms with Crippen LogP contribution in [0.2, 0.25) is 0 Å². The molecule has 0 bridgehead atoms. The third kappa shape index (κ3) is 3.71. The Hall–Kier alpha value is -3.10. The zero-order valence-electron chi connectivity index (χ0n) is 15.0. The average molecular weight is 384 g/mol. The number of aromatic amines is 1. The molecule has 0 saturated carbocycles. The lowest BCUT2D eigenvalue weighted by molar-refractivity contribution is 0.521. The molecule has 0 aliphatic carbocycles. The number of para-hydroxylation sites is 1. The van der Waals surface area contributed by atoms with Crippen LogP contribution in [0.3, 0.4) is 0 Å². The van der Waals surface area contributed by atoms with Crippen molar-refractivity contribution in [3.8, 4) is 5.69 Å². The predicted octanol–water partition coefficient (Wildman–Crippen LogP) is 0.676. The fourth-order valence-electron chi connectivity index (χ4n) is 2.49. The van der Waals surface area contributed by atoms with Crippen molar-refractivity contribution in [1.29, 1.82) is 0 Å². The summed E-state index contributed by atoms with van der Waals surface area (Å²) >= 11 is 0. The van der Waals surface area contributed by atoms with Crippen LogP contribution in [0.1, 0.15) is 0 Å². The van der Waals surface area contributed by atoms with E-state index in [-0.39, 0.29) is 10.5 Å². The highest BCUT2D eigenvalue weighted by molar-refractivity contribution is 7.89. The first-order chi connectivity index (χ1) is 12.8. The van der Waals surface area contributed by atoms with Crippen molar-refractivity contribution in [3.63, 3.8) is 0 Å². The van der Waals surface area contributed by atoms with Gasteiger partial charge < -0.3 is 5.32 Å². The van der Waals surface area contributed by atoms with Crippen LogP contribution in [0, 0.1) is 0 Å². The molecule has 7 nitrogen and oxygen atoms in total. The van der Waals surface area contributed by atoms with Gasteiger partial charge in [-0.05, 0) is 36.4 Å². The summed E-state index contributed by atoms with van der Waals surface area (Å²) in [5.74, 6) is 0. The van der Waals surface area contributed by atoms with E-state index in [1.54, 1.807) is 18.3 Å². The van der Waals surface area contributed by atoms with Crippen LogP contribution in [0.15, 0.2) is 64.3 Å². The Balaban J connectivity index is 1.91. The summed E-state index contributed by atoms with van der Waals surface area (Å²) in [4.78, 5) is 12.8. The Morgan fingerprint density at radius 1 is 1.07 bits per heavy atom. The normalized spacial score (nSPS) is 12.5. The summed E-state index contributed by atoms with van der Waals surface area (Å²) < 4.78 is 26.8. The van der Waals surface area contributed by atoms with Crippen molar-refractivity contribution in [2.75, 3.05) is 19.4 Å². The molecule has 1 heterocycles. The number of H-pyrrole nitrogens is 1. The largest absolute Gasteiger partial charge is 0.361 e. The topological polar surface area (TPSA) is 87.2 Å². The zero-order chi connectivity index (χ0) is 19.6. The van der Waals surface area contributed by atoms with Crippen LogP contribution in [0.5, 0.6) is 0 Å². The van der Waals surface area contributed by atoms with Crippen molar-refractivity contribution in [2.24, 2.45) is 0 Å². The molecule has 0 unspecified atom stereocenters. The molecule has 3 rings (SSSR count). The lowest BCUT2D eigenvalue weighted by atomic mass is 10.3. The van der Waals surface area contributed by atoms with Crippen LogP contribution >= 0.6 is 0 Å². The molecule has 0 atom stereocenters. The predicted molar refractivity (Wildman–Crippen MR) is 107 cm³/mol. The van der Waals surface area contributed by atoms with Crippen molar-refractivity contribution in [3.05, 3.63) is 75.5 Å². The molecule has 0 aliphatic heterocycles. The second-order valence-electron chi connectivity index (χ2n) is 6.08. The summed E-state index contributed by atoms with van der Waals surface area (Å²) in [6.07, 6.45) is 1.55. The number of nitrogens with zero attached hydrogens (tertiary/aromatic N) is 2. The minimum Gasteiger partial charge on any atom is -0.361 e. The van der Waals surface area contributed by atoms with Crippen LogP contribution in [0.4, 0.5) is 5.69 Å². The van der Waals surface area contributed by atoms with Crippen LogP contribution in [0.25, 0.3) is 18.5 Å². The van der Waals surface area contributed by atoms with Crippen LogP contribution in [-0.2, 0) is 10.0 Å². The van der Waals surface area contributed by atoms with E-state index in [0.717, 1.165) is 4.31 Å². The van der Waals surface area contributed by atoms with Gasteiger partial charge in [0, 0.05) is 26.0 Å².